The predicted octanol–water partition coefficient (Wildman–Crippen LogP) is 2.90. The van der Waals surface area contributed by atoms with E-state index >= 15 is 0 Å². The van der Waals surface area contributed by atoms with Crippen LogP contribution in [0, 0.1) is 5.92 Å². The summed E-state index contributed by atoms with van der Waals surface area (Å²) < 4.78 is 28.5. The summed E-state index contributed by atoms with van der Waals surface area (Å²) in [4.78, 5) is 2.31. The monoisotopic (exact) mass is 325 g/mol. The van der Waals surface area contributed by atoms with Gasteiger partial charge < -0.3 is 4.74 Å². The summed E-state index contributed by atoms with van der Waals surface area (Å²) in [5.41, 5.74) is 1.23. The molecule has 1 aromatic rings. The molecule has 22 heavy (non-hydrogen) atoms. The standard InChI is InChI=1S/C17H27NO3S/c1-13-10-16(14-6-8-15(21-4)9-7-14)18(11-13)12-17(2,3)22(5,19)20/h6-9,13,16H,10-12H2,1-5H3/t13-,16-/m1/s1. The van der Waals surface area contributed by atoms with Crippen LogP contribution in [0.2, 0.25) is 0 Å². The summed E-state index contributed by atoms with van der Waals surface area (Å²) in [6, 6.07) is 8.39. The highest BCUT2D eigenvalue weighted by molar-refractivity contribution is 7.92. The van der Waals surface area contributed by atoms with E-state index in [1.165, 1.54) is 11.8 Å². The number of nitrogens with zero attached hydrogens (tertiary/aromatic N) is 1. The van der Waals surface area contributed by atoms with E-state index in [-0.39, 0.29) is 6.04 Å². The third kappa shape index (κ3) is 3.63. The average Bonchev–Trinajstić information content (AvgIpc) is 2.77. The van der Waals surface area contributed by atoms with Crippen molar-refractivity contribution in [3.8, 4) is 5.75 Å². The fraction of sp³-hybridized carbons (Fsp3) is 0.647. The SMILES string of the molecule is COc1ccc([C@H]2C[C@@H](C)CN2CC(C)(C)S(C)(=O)=O)cc1. The predicted molar refractivity (Wildman–Crippen MR) is 90.0 cm³/mol. The fourth-order valence-electron chi connectivity index (χ4n) is 3.09. The summed E-state index contributed by atoms with van der Waals surface area (Å²) in [7, 11) is -1.42. The molecule has 5 heteroatoms. The quantitative estimate of drug-likeness (QED) is 0.835. The second-order valence-electron chi connectivity index (χ2n) is 7.09. The zero-order valence-corrected chi connectivity index (χ0v) is 15.0. The van der Waals surface area contributed by atoms with Crippen LogP contribution < -0.4 is 4.74 Å². The zero-order chi connectivity index (χ0) is 16.5. The van der Waals surface area contributed by atoms with Gasteiger partial charge in [0, 0.05) is 25.4 Å². The molecule has 1 aromatic carbocycles. The van der Waals surface area contributed by atoms with Crippen LogP contribution in [0.3, 0.4) is 0 Å². The third-order valence-corrected chi connectivity index (χ3v) is 6.84. The Morgan fingerprint density at radius 1 is 1.27 bits per heavy atom. The number of hydrogen-bond acceptors (Lipinski definition) is 4. The molecule has 124 valence electrons. The molecule has 1 saturated heterocycles. The van der Waals surface area contributed by atoms with Crippen molar-refractivity contribution < 1.29 is 13.2 Å². The van der Waals surface area contributed by atoms with E-state index in [4.69, 9.17) is 4.74 Å². The number of hydrogen-bond donors (Lipinski definition) is 0. The number of methoxy groups -OCH3 is 1. The molecule has 0 aromatic heterocycles. The molecule has 1 heterocycles. The van der Waals surface area contributed by atoms with Gasteiger partial charge in [0.25, 0.3) is 0 Å². The van der Waals surface area contributed by atoms with Gasteiger partial charge in [-0.05, 0) is 43.9 Å². The first kappa shape index (κ1) is 17.3. The van der Waals surface area contributed by atoms with Gasteiger partial charge in [-0.15, -0.1) is 0 Å². The maximum Gasteiger partial charge on any atom is 0.153 e. The van der Waals surface area contributed by atoms with E-state index in [0.29, 0.717) is 12.5 Å². The lowest BCUT2D eigenvalue weighted by Gasteiger charge is -2.32. The minimum atomic E-state index is -3.09. The molecular formula is C17H27NO3S. The van der Waals surface area contributed by atoms with Crippen LogP contribution >= 0.6 is 0 Å². The van der Waals surface area contributed by atoms with E-state index in [1.54, 1.807) is 7.11 Å². The molecule has 2 rings (SSSR count). The Kier molecular flexibility index (Phi) is 4.87. The number of sulfone groups is 1. The van der Waals surface area contributed by atoms with Crippen LogP contribution in [-0.4, -0.2) is 44.5 Å². The van der Waals surface area contributed by atoms with Crippen molar-refractivity contribution in [1.29, 1.82) is 0 Å². The lowest BCUT2D eigenvalue weighted by atomic mass is 10.0. The fourth-order valence-corrected chi connectivity index (χ4v) is 3.49. The van der Waals surface area contributed by atoms with Gasteiger partial charge in [0.2, 0.25) is 0 Å². The molecular weight excluding hydrogens is 298 g/mol. The van der Waals surface area contributed by atoms with E-state index < -0.39 is 14.6 Å². The summed E-state index contributed by atoms with van der Waals surface area (Å²) in [5.74, 6) is 1.42. The first-order chi connectivity index (χ1) is 10.1. The molecule has 0 radical (unpaired) electrons. The first-order valence-corrected chi connectivity index (χ1v) is 9.61. The second-order valence-corrected chi connectivity index (χ2v) is 9.74. The molecule has 1 aliphatic heterocycles. The molecule has 1 aliphatic rings. The Hall–Kier alpha value is -1.07. The summed E-state index contributed by atoms with van der Waals surface area (Å²) in [6.07, 6.45) is 2.39. The van der Waals surface area contributed by atoms with Gasteiger partial charge in [0.05, 0.1) is 11.9 Å². The minimum absolute atomic E-state index is 0.280. The minimum Gasteiger partial charge on any atom is -0.497 e. The van der Waals surface area contributed by atoms with Crippen molar-refractivity contribution in [3.05, 3.63) is 29.8 Å². The lowest BCUT2D eigenvalue weighted by Crippen LogP contribution is -2.43. The van der Waals surface area contributed by atoms with Gasteiger partial charge in [-0.2, -0.15) is 0 Å². The van der Waals surface area contributed by atoms with Crippen molar-refractivity contribution in [2.24, 2.45) is 5.92 Å². The Balaban J connectivity index is 2.22. The van der Waals surface area contributed by atoms with E-state index in [0.717, 1.165) is 18.7 Å². The van der Waals surface area contributed by atoms with Crippen molar-refractivity contribution in [2.45, 2.75) is 38.0 Å². The van der Waals surface area contributed by atoms with Crippen LogP contribution in [-0.2, 0) is 9.84 Å². The molecule has 1 fully saturated rings. The van der Waals surface area contributed by atoms with Crippen LogP contribution in [0.15, 0.2) is 24.3 Å². The van der Waals surface area contributed by atoms with Gasteiger partial charge in [0.1, 0.15) is 5.75 Å². The second kappa shape index (κ2) is 6.20. The van der Waals surface area contributed by atoms with Gasteiger partial charge >= 0.3 is 0 Å². The van der Waals surface area contributed by atoms with Gasteiger partial charge in [-0.3, -0.25) is 4.90 Å². The Labute approximate surface area is 134 Å². The Morgan fingerprint density at radius 2 is 1.86 bits per heavy atom. The molecule has 4 nitrogen and oxygen atoms in total. The van der Waals surface area contributed by atoms with Crippen molar-refractivity contribution in [3.63, 3.8) is 0 Å². The zero-order valence-electron chi connectivity index (χ0n) is 14.2. The molecule has 0 bridgehead atoms. The highest BCUT2D eigenvalue weighted by Crippen LogP contribution is 2.37. The molecule has 0 aliphatic carbocycles. The van der Waals surface area contributed by atoms with Crippen LogP contribution in [0.5, 0.6) is 5.75 Å². The molecule has 0 N–H and O–H groups in total. The van der Waals surface area contributed by atoms with Gasteiger partial charge in [-0.1, -0.05) is 19.1 Å². The largest absolute Gasteiger partial charge is 0.497 e. The average molecular weight is 325 g/mol. The number of benzene rings is 1. The summed E-state index contributed by atoms with van der Waals surface area (Å²) in [6.45, 7) is 7.36. The van der Waals surface area contributed by atoms with Crippen LogP contribution in [0.25, 0.3) is 0 Å². The molecule has 0 spiro atoms. The molecule has 0 unspecified atom stereocenters. The Bertz CT molecular complexity index is 607. The number of likely N-dealkylation sites (tertiary alicyclic amines) is 1. The Morgan fingerprint density at radius 3 is 2.36 bits per heavy atom. The van der Waals surface area contributed by atoms with Crippen LogP contribution in [0.1, 0.15) is 38.8 Å². The first-order valence-electron chi connectivity index (χ1n) is 7.71. The highest BCUT2D eigenvalue weighted by Gasteiger charge is 2.38. The highest BCUT2D eigenvalue weighted by atomic mass is 32.2. The van der Waals surface area contributed by atoms with Gasteiger partial charge in [-0.25, -0.2) is 8.42 Å². The summed E-state index contributed by atoms with van der Waals surface area (Å²) >= 11 is 0. The van der Waals surface area contributed by atoms with Crippen molar-refractivity contribution >= 4 is 9.84 Å². The van der Waals surface area contributed by atoms with E-state index in [1.807, 2.05) is 26.0 Å². The van der Waals surface area contributed by atoms with Crippen molar-refractivity contribution in [2.75, 3.05) is 26.5 Å². The maximum atomic E-state index is 12.0. The van der Waals surface area contributed by atoms with Crippen LogP contribution in [0.4, 0.5) is 0 Å². The lowest BCUT2D eigenvalue weighted by molar-refractivity contribution is 0.233. The molecule has 0 saturated carbocycles. The summed E-state index contributed by atoms with van der Waals surface area (Å²) in [5, 5.41) is 0. The maximum absolute atomic E-state index is 12.0. The molecule has 2 atom stereocenters. The third-order valence-electron chi connectivity index (χ3n) is 4.70. The smallest absolute Gasteiger partial charge is 0.153 e. The molecule has 0 amide bonds. The number of ether oxygens (including phenoxy) is 1. The van der Waals surface area contributed by atoms with Crippen molar-refractivity contribution in [1.82, 2.24) is 4.90 Å². The topological polar surface area (TPSA) is 46.6 Å². The normalized spacial score (nSPS) is 23.7. The van der Waals surface area contributed by atoms with E-state index in [2.05, 4.69) is 24.0 Å². The van der Waals surface area contributed by atoms with Gasteiger partial charge in [0.15, 0.2) is 9.84 Å². The number of rotatable bonds is 5. The van der Waals surface area contributed by atoms with E-state index in [9.17, 15) is 8.42 Å².